The summed E-state index contributed by atoms with van der Waals surface area (Å²) in [7, 11) is 2.83. The van der Waals surface area contributed by atoms with Crippen molar-refractivity contribution in [3.63, 3.8) is 0 Å². The second-order valence-corrected chi connectivity index (χ2v) is 5.81. The summed E-state index contributed by atoms with van der Waals surface area (Å²) in [6.45, 7) is 2.71. The number of Topliss-reactive ketones (excluding diaryl/α,β-unsaturated/α-hetero) is 1. The minimum atomic E-state index is -2.05. The summed E-state index contributed by atoms with van der Waals surface area (Å²) in [6, 6.07) is 0. The van der Waals surface area contributed by atoms with Crippen LogP contribution in [0.5, 0.6) is 0 Å². The van der Waals surface area contributed by atoms with E-state index in [0.717, 1.165) is 6.92 Å². The zero-order chi connectivity index (χ0) is 16.4. The Bertz CT molecular complexity index is 427. The van der Waals surface area contributed by atoms with E-state index in [1.54, 1.807) is 6.92 Å². The molecular formula is C14H22O7. The van der Waals surface area contributed by atoms with Crippen LogP contribution in [0.15, 0.2) is 0 Å². The summed E-state index contributed by atoms with van der Waals surface area (Å²) < 4.78 is 10.1. The zero-order valence-corrected chi connectivity index (χ0v) is 12.7. The third-order valence-electron chi connectivity index (χ3n) is 5.00. The van der Waals surface area contributed by atoms with Gasteiger partial charge in [0, 0.05) is 38.4 Å². The van der Waals surface area contributed by atoms with Crippen LogP contribution in [0.2, 0.25) is 0 Å². The van der Waals surface area contributed by atoms with Crippen molar-refractivity contribution in [1.29, 1.82) is 0 Å². The van der Waals surface area contributed by atoms with Crippen LogP contribution in [0.1, 0.15) is 33.1 Å². The van der Waals surface area contributed by atoms with Crippen molar-refractivity contribution in [3.05, 3.63) is 0 Å². The van der Waals surface area contributed by atoms with Crippen molar-refractivity contribution in [2.24, 2.45) is 16.7 Å². The average Bonchev–Trinajstić information content (AvgIpc) is 2.71. The molecule has 0 spiro atoms. The second kappa shape index (κ2) is 6.11. The molecule has 0 heterocycles. The van der Waals surface area contributed by atoms with Gasteiger partial charge in [-0.3, -0.25) is 14.4 Å². The number of carbonyl (C=O) groups is 3. The van der Waals surface area contributed by atoms with Gasteiger partial charge in [-0.05, 0) is 13.3 Å². The van der Waals surface area contributed by atoms with E-state index < -0.39 is 35.0 Å². The Kier molecular flexibility index (Phi) is 5.11. The van der Waals surface area contributed by atoms with Gasteiger partial charge in [0.25, 0.3) is 0 Å². The SMILES string of the molecule is COC(CC1C(=O)CCC1(C)C(C)(C(=O)O)C(=O)O)OC. The lowest BCUT2D eigenvalue weighted by Gasteiger charge is -2.41. The predicted molar refractivity (Wildman–Crippen MR) is 71.6 cm³/mol. The van der Waals surface area contributed by atoms with Gasteiger partial charge in [-0.15, -0.1) is 0 Å². The fraction of sp³-hybridized carbons (Fsp3) is 0.786. The number of methoxy groups -OCH3 is 2. The van der Waals surface area contributed by atoms with E-state index in [1.807, 2.05) is 0 Å². The summed E-state index contributed by atoms with van der Waals surface area (Å²) in [6.07, 6.45) is -0.162. The molecule has 0 radical (unpaired) electrons. The second-order valence-electron chi connectivity index (χ2n) is 5.81. The molecule has 0 bridgehead atoms. The van der Waals surface area contributed by atoms with Gasteiger partial charge in [0.2, 0.25) is 0 Å². The van der Waals surface area contributed by atoms with Crippen LogP contribution in [0, 0.1) is 16.7 Å². The van der Waals surface area contributed by atoms with Gasteiger partial charge < -0.3 is 19.7 Å². The van der Waals surface area contributed by atoms with Crippen molar-refractivity contribution in [3.8, 4) is 0 Å². The maximum Gasteiger partial charge on any atom is 0.321 e. The molecule has 0 aromatic rings. The molecule has 1 fully saturated rings. The number of hydrogen-bond donors (Lipinski definition) is 2. The molecule has 1 aliphatic carbocycles. The Morgan fingerprint density at radius 3 is 2.19 bits per heavy atom. The van der Waals surface area contributed by atoms with E-state index in [0.29, 0.717) is 0 Å². The Morgan fingerprint density at radius 1 is 1.33 bits per heavy atom. The van der Waals surface area contributed by atoms with E-state index >= 15 is 0 Å². The summed E-state index contributed by atoms with van der Waals surface area (Å²) in [5.74, 6) is -3.77. The normalized spacial score (nSPS) is 26.3. The topological polar surface area (TPSA) is 110 Å². The number of aliphatic carboxylic acids is 2. The maximum absolute atomic E-state index is 12.2. The number of carboxylic acids is 2. The first-order valence-corrected chi connectivity index (χ1v) is 6.70. The molecule has 0 amide bonds. The smallest absolute Gasteiger partial charge is 0.321 e. The number of ketones is 1. The van der Waals surface area contributed by atoms with Crippen molar-refractivity contribution >= 4 is 17.7 Å². The molecule has 7 heteroatoms. The van der Waals surface area contributed by atoms with Gasteiger partial charge >= 0.3 is 11.9 Å². The molecule has 1 rings (SSSR count). The zero-order valence-electron chi connectivity index (χ0n) is 12.7. The molecule has 1 saturated carbocycles. The fourth-order valence-corrected chi connectivity index (χ4v) is 3.14. The highest BCUT2D eigenvalue weighted by molar-refractivity contribution is 6.00. The highest BCUT2D eigenvalue weighted by Gasteiger charge is 2.63. The van der Waals surface area contributed by atoms with Gasteiger partial charge in [0.1, 0.15) is 5.78 Å². The van der Waals surface area contributed by atoms with Crippen LogP contribution < -0.4 is 0 Å². The molecule has 2 unspecified atom stereocenters. The van der Waals surface area contributed by atoms with Crippen LogP contribution in [0.3, 0.4) is 0 Å². The largest absolute Gasteiger partial charge is 0.480 e. The first kappa shape index (κ1) is 17.6. The molecule has 2 atom stereocenters. The first-order valence-electron chi connectivity index (χ1n) is 6.70. The molecule has 2 N–H and O–H groups in total. The Balaban J connectivity index is 3.25. The fourth-order valence-electron chi connectivity index (χ4n) is 3.14. The Labute approximate surface area is 123 Å². The lowest BCUT2D eigenvalue weighted by Crippen LogP contribution is -2.53. The number of ether oxygens (including phenoxy) is 2. The number of carbonyl (C=O) groups excluding carboxylic acids is 1. The Morgan fingerprint density at radius 2 is 1.81 bits per heavy atom. The lowest BCUT2D eigenvalue weighted by molar-refractivity contribution is -0.179. The molecule has 1 aliphatic rings. The summed E-state index contributed by atoms with van der Waals surface area (Å²) in [4.78, 5) is 35.3. The van der Waals surface area contributed by atoms with Gasteiger partial charge in [0.05, 0.1) is 0 Å². The predicted octanol–water partition coefficient (Wildman–Crippen LogP) is 1.16. The third-order valence-corrected chi connectivity index (χ3v) is 5.00. The van der Waals surface area contributed by atoms with Crippen molar-refractivity contribution in [2.75, 3.05) is 14.2 Å². The monoisotopic (exact) mass is 302 g/mol. The standard InChI is InChI=1S/C14H22O7/c1-13(14(2,11(16)17)12(18)19)6-5-9(15)8(13)7-10(20-3)21-4/h8,10H,5-7H2,1-4H3,(H,16,17)(H,18,19). The van der Waals surface area contributed by atoms with Crippen LogP contribution in [0.25, 0.3) is 0 Å². The molecule has 7 nitrogen and oxygen atoms in total. The Hall–Kier alpha value is -1.47. The van der Waals surface area contributed by atoms with E-state index in [9.17, 15) is 24.6 Å². The first-order chi connectivity index (χ1) is 9.65. The van der Waals surface area contributed by atoms with Gasteiger partial charge in [0.15, 0.2) is 11.7 Å². The lowest BCUT2D eigenvalue weighted by atomic mass is 9.59. The van der Waals surface area contributed by atoms with Crippen LogP contribution in [-0.4, -0.2) is 48.4 Å². The van der Waals surface area contributed by atoms with Crippen LogP contribution in [-0.2, 0) is 23.9 Å². The van der Waals surface area contributed by atoms with E-state index in [-0.39, 0.29) is 25.0 Å². The maximum atomic E-state index is 12.2. The number of carboxylic acid groups (broad SMARTS) is 2. The molecule has 0 aromatic carbocycles. The van der Waals surface area contributed by atoms with E-state index in [2.05, 4.69) is 0 Å². The van der Waals surface area contributed by atoms with Crippen LogP contribution >= 0.6 is 0 Å². The molecule has 0 saturated heterocycles. The number of hydrogen-bond acceptors (Lipinski definition) is 5. The minimum Gasteiger partial charge on any atom is -0.480 e. The van der Waals surface area contributed by atoms with Gasteiger partial charge in [-0.2, -0.15) is 0 Å². The third kappa shape index (κ3) is 2.67. The summed E-state index contributed by atoms with van der Waals surface area (Å²) >= 11 is 0. The molecule has 0 aliphatic heterocycles. The highest BCUT2D eigenvalue weighted by Crippen LogP contribution is 2.55. The summed E-state index contributed by atoms with van der Waals surface area (Å²) in [5, 5.41) is 18.9. The highest BCUT2D eigenvalue weighted by atomic mass is 16.7. The van der Waals surface area contributed by atoms with Crippen molar-refractivity contribution in [1.82, 2.24) is 0 Å². The van der Waals surface area contributed by atoms with Gasteiger partial charge in [-0.25, -0.2) is 0 Å². The van der Waals surface area contributed by atoms with E-state index in [4.69, 9.17) is 9.47 Å². The van der Waals surface area contributed by atoms with Gasteiger partial charge in [-0.1, -0.05) is 6.92 Å². The summed E-state index contributed by atoms with van der Waals surface area (Å²) in [5.41, 5.74) is -3.24. The average molecular weight is 302 g/mol. The van der Waals surface area contributed by atoms with E-state index in [1.165, 1.54) is 14.2 Å². The van der Waals surface area contributed by atoms with Crippen molar-refractivity contribution in [2.45, 2.75) is 39.4 Å². The van der Waals surface area contributed by atoms with Crippen molar-refractivity contribution < 1.29 is 34.1 Å². The quantitative estimate of drug-likeness (QED) is 0.536. The minimum absolute atomic E-state index is 0.137. The molecule has 0 aromatic heterocycles. The van der Waals surface area contributed by atoms with Crippen LogP contribution in [0.4, 0.5) is 0 Å². The molecule has 120 valence electrons. The molecule has 21 heavy (non-hydrogen) atoms. The number of rotatable bonds is 7. The molecular weight excluding hydrogens is 280 g/mol.